The molecular weight excluding hydrogens is 237 g/mol. The normalized spacial score (nSPS) is 11.5. The van der Waals surface area contributed by atoms with Crippen LogP contribution < -0.4 is 0 Å². The number of aromatic carboxylic acids is 1. The van der Waals surface area contributed by atoms with Gasteiger partial charge < -0.3 is 9.63 Å². The SMILES string of the molecule is CC(C)(F)c1ccccc1-c1cc(C(=O)O)no1. The zero-order valence-corrected chi connectivity index (χ0v) is 9.98. The third kappa shape index (κ3) is 2.25. The van der Waals surface area contributed by atoms with Gasteiger partial charge in [-0.3, -0.25) is 0 Å². The van der Waals surface area contributed by atoms with Crippen molar-refractivity contribution in [1.29, 1.82) is 0 Å². The smallest absolute Gasteiger partial charge is 0.358 e. The van der Waals surface area contributed by atoms with Crippen molar-refractivity contribution < 1.29 is 18.8 Å². The Kier molecular flexibility index (Phi) is 2.90. The minimum absolute atomic E-state index is 0.198. The molecule has 0 aliphatic carbocycles. The van der Waals surface area contributed by atoms with Gasteiger partial charge in [0.2, 0.25) is 0 Å². The van der Waals surface area contributed by atoms with Crippen LogP contribution in [0.2, 0.25) is 0 Å². The molecule has 18 heavy (non-hydrogen) atoms. The van der Waals surface area contributed by atoms with Gasteiger partial charge in [-0.1, -0.05) is 29.4 Å². The van der Waals surface area contributed by atoms with Gasteiger partial charge in [-0.2, -0.15) is 0 Å². The Balaban J connectivity index is 2.53. The van der Waals surface area contributed by atoms with Gasteiger partial charge in [-0.05, 0) is 19.4 Å². The van der Waals surface area contributed by atoms with Crippen LogP contribution in [0.3, 0.4) is 0 Å². The summed E-state index contributed by atoms with van der Waals surface area (Å²) < 4.78 is 19.0. The van der Waals surface area contributed by atoms with Crippen LogP contribution >= 0.6 is 0 Å². The summed E-state index contributed by atoms with van der Waals surface area (Å²) >= 11 is 0. The van der Waals surface area contributed by atoms with E-state index in [4.69, 9.17) is 9.63 Å². The molecule has 0 spiro atoms. The molecule has 0 radical (unpaired) electrons. The van der Waals surface area contributed by atoms with Crippen molar-refractivity contribution in [3.05, 3.63) is 41.6 Å². The van der Waals surface area contributed by atoms with E-state index in [2.05, 4.69) is 5.16 Å². The molecule has 1 aromatic carbocycles. The summed E-state index contributed by atoms with van der Waals surface area (Å²) in [5, 5.41) is 12.2. The maximum atomic E-state index is 14.1. The van der Waals surface area contributed by atoms with Gasteiger partial charge >= 0.3 is 5.97 Å². The first-order valence-electron chi connectivity index (χ1n) is 5.38. The second-order valence-electron chi connectivity index (χ2n) is 4.40. The molecule has 0 saturated heterocycles. The first kappa shape index (κ1) is 12.3. The molecule has 1 aromatic heterocycles. The summed E-state index contributed by atoms with van der Waals surface area (Å²) in [5.41, 5.74) is -0.813. The lowest BCUT2D eigenvalue weighted by molar-refractivity contribution is 0.0686. The maximum Gasteiger partial charge on any atom is 0.358 e. The molecule has 94 valence electrons. The standard InChI is InChI=1S/C13H12FNO3/c1-13(2,14)9-6-4-3-5-8(9)11-7-10(12(16)17)15-18-11/h3-7H,1-2H3,(H,16,17). The molecule has 0 bridgehead atoms. The van der Waals surface area contributed by atoms with Crippen LogP contribution in [0.4, 0.5) is 4.39 Å². The van der Waals surface area contributed by atoms with Crippen LogP contribution in [-0.2, 0) is 5.67 Å². The Morgan fingerprint density at radius 3 is 2.61 bits per heavy atom. The molecule has 4 nitrogen and oxygen atoms in total. The van der Waals surface area contributed by atoms with Gasteiger partial charge in [-0.25, -0.2) is 9.18 Å². The fourth-order valence-corrected chi connectivity index (χ4v) is 1.72. The van der Waals surface area contributed by atoms with Gasteiger partial charge in [0, 0.05) is 11.6 Å². The molecule has 2 aromatic rings. The number of nitrogens with zero attached hydrogens (tertiary/aromatic N) is 1. The van der Waals surface area contributed by atoms with E-state index in [9.17, 15) is 9.18 Å². The molecule has 0 atom stereocenters. The molecule has 0 amide bonds. The summed E-state index contributed by atoms with van der Waals surface area (Å²) in [6, 6.07) is 8.04. The maximum absolute atomic E-state index is 14.1. The Bertz CT molecular complexity index is 584. The summed E-state index contributed by atoms with van der Waals surface area (Å²) in [7, 11) is 0. The van der Waals surface area contributed by atoms with Crippen molar-refractivity contribution in [2.45, 2.75) is 19.5 Å². The lowest BCUT2D eigenvalue weighted by Gasteiger charge is -2.17. The molecule has 0 unspecified atom stereocenters. The zero-order valence-electron chi connectivity index (χ0n) is 9.98. The fraction of sp³-hybridized carbons (Fsp3) is 0.231. The first-order valence-corrected chi connectivity index (χ1v) is 5.38. The van der Waals surface area contributed by atoms with Crippen molar-refractivity contribution in [1.82, 2.24) is 5.16 Å². The van der Waals surface area contributed by atoms with E-state index in [1.165, 1.54) is 19.9 Å². The largest absolute Gasteiger partial charge is 0.476 e. The van der Waals surface area contributed by atoms with Crippen LogP contribution in [0, 0.1) is 0 Å². The number of hydrogen-bond acceptors (Lipinski definition) is 3. The van der Waals surface area contributed by atoms with Crippen molar-refractivity contribution in [3.63, 3.8) is 0 Å². The topological polar surface area (TPSA) is 63.3 Å². The number of benzene rings is 1. The van der Waals surface area contributed by atoms with Crippen molar-refractivity contribution >= 4 is 5.97 Å². The number of aromatic nitrogens is 1. The van der Waals surface area contributed by atoms with Crippen molar-refractivity contribution in [3.8, 4) is 11.3 Å². The Morgan fingerprint density at radius 1 is 1.39 bits per heavy atom. The minimum Gasteiger partial charge on any atom is -0.476 e. The fourth-order valence-electron chi connectivity index (χ4n) is 1.72. The highest BCUT2D eigenvalue weighted by atomic mass is 19.1. The second kappa shape index (κ2) is 4.25. The third-order valence-corrected chi connectivity index (χ3v) is 2.56. The number of halogens is 1. The molecule has 0 aliphatic rings. The Morgan fingerprint density at radius 2 is 2.06 bits per heavy atom. The highest BCUT2D eigenvalue weighted by molar-refractivity contribution is 5.86. The van der Waals surface area contributed by atoms with Crippen LogP contribution in [0.25, 0.3) is 11.3 Å². The molecular formula is C13H12FNO3. The number of carbonyl (C=O) groups is 1. The average molecular weight is 249 g/mol. The van der Waals surface area contributed by atoms with Gasteiger partial charge in [-0.15, -0.1) is 0 Å². The van der Waals surface area contributed by atoms with E-state index in [1.807, 2.05) is 0 Å². The van der Waals surface area contributed by atoms with E-state index in [-0.39, 0.29) is 11.5 Å². The quantitative estimate of drug-likeness (QED) is 0.906. The summed E-state index contributed by atoms with van der Waals surface area (Å²) in [4.78, 5) is 10.7. The Hall–Kier alpha value is -2.17. The number of hydrogen-bond donors (Lipinski definition) is 1. The lowest BCUT2D eigenvalue weighted by atomic mass is 9.93. The summed E-state index contributed by atoms with van der Waals surface area (Å²) in [5.74, 6) is -0.935. The summed E-state index contributed by atoms with van der Waals surface area (Å²) in [6.45, 7) is 2.86. The van der Waals surface area contributed by atoms with Crippen molar-refractivity contribution in [2.75, 3.05) is 0 Å². The number of carboxylic acid groups (broad SMARTS) is 1. The first-order chi connectivity index (χ1) is 8.39. The van der Waals surface area contributed by atoms with Gasteiger partial charge in [0.25, 0.3) is 0 Å². The van der Waals surface area contributed by atoms with E-state index >= 15 is 0 Å². The van der Waals surface area contributed by atoms with E-state index in [1.54, 1.807) is 24.3 Å². The predicted molar refractivity (Wildman–Crippen MR) is 63.0 cm³/mol. The van der Waals surface area contributed by atoms with Gasteiger partial charge in [0.15, 0.2) is 11.5 Å². The van der Waals surface area contributed by atoms with Crippen LogP contribution in [0.5, 0.6) is 0 Å². The van der Waals surface area contributed by atoms with Gasteiger partial charge in [0.1, 0.15) is 5.67 Å². The Labute approximate surface area is 103 Å². The number of carboxylic acids is 1. The average Bonchev–Trinajstić information content (AvgIpc) is 2.77. The molecule has 2 rings (SSSR count). The van der Waals surface area contributed by atoms with E-state index in [0.29, 0.717) is 11.1 Å². The molecule has 1 N–H and O–H groups in total. The highest BCUT2D eigenvalue weighted by Crippen LogP contribution is 2.34. The zero-order chi connectivity index (χ0) is 13.3. The van der Waals surface area contributed by atoms with E-state index < -0.39 is 11.6 Å². The molecule has 1 heterocycles. The minimum atomic E-state index is -1.55. The molecule has 0 saturated carbocycles. The number of rotatable bonds is 3. The summed E-state index contributed by atoms with van der Waals surface area (Å²) in [6.07, 6.45) is 0. The lowest BCUT2D eigenvalue weighted by Crippen LogP contribution is -2.10. The second-order valence-corrected chi connectivity index (χ2v) is 4.40. The molecule has 0 aliphatic heterocycles. The number of alkyl halides is 1. The van der Waals surface area contributed by atoms with Crippen LogP contribution in [-0.4, -0.2) is 16.2 Å². The van der Waals surface area contributed by atoms with Crippen LogP contribution in [0.1, 0.15) is 29.9 Å². The van der Waals surface area contributed by atoms with Crippen LogP contribution in [0.15, 0.2) is 34.9 Å². The van der Waals surface area contributed by atoms with Gasteiger partial charge in [0.05, 0.1) is 0 Å². The molecule has 0 fully saturated rings. The molecule has 5 heteroatoms. The monoisotopic (exact) mass is 249 g/mol. The van der Waals surface area contributed by atoms with Crippen molar-refractivity contribution in [2.24, 2.45) is 0 Å². The third-order valence-electron chi connectivity index (χ3n) is 2.56. The highest BCUT2D eigenvalue weighted by Gasteiger charge is 2.24. The van der Waals surface area contributed by atoms with E-state index in [0.717, 1.165) is 0 Å². The predicted octanol–water partition coefficient (Wildman–Crippen LogP) is 3.24.